The molecule has 1 aliphatic rings. The molecule has 0 spiro atoms. The van der Waals surface area contributed by atoms with Gasteiger partial charge < -0.3 is 14.4 Å². The fourth-order valence-corrected chi connectivity index (χ4v) is 2.68. The van der Waals surface area contributed by atoms with Gasteiger partial charge in [0, 0.05) is 17.6 Å². The van der Waals surface area contributed by atoms with Crippen molar-refractivity contribution in [2.45, 2.75) is 25.4 Å². The lowest BCUT2D eigenvalue weighted by molar-refractivity contribution is -0.134. The maximum Gasteiger partial charge on any atom is 0.261 e. The summed E-state index contributed by atoms with van der Waals surface area (Å²) in [6.07, 6.45) is 2.10. The number of hydrogen-bond acceptors (Lipinski definition) is 3. The van der Waals surface area contributed by atoms with Crippen LogP contribution in [0.3, 0.4) is 0 Å². The molecule has 24 heavy (non-hydrogen) atoms. The molecule has 0 heterocycles. The summed E-state index contributed by atoms with van der Waals surface area (Å²) in [5, 5.41) is 0.697. The Morgan fingerprint density at radius 2 is 1.79 bits per heavy atom. The van der Waals surface area contributed by atoms with E-state index in [-0.39, 0.29) is 12.5 Å². The Hall–Kier alpha value is -2.20. The molecule has 4 nitrogen and oxygen atoms in total. The summed E-state index contributed by atoms with van der Waals surface area (Å²) in [5.74, 6) is 1.19. The van der Waals surface area contributed by atoms with E-state index >= 15 is 0 Å². The standard InChI is InChI=1S/C19H20ClNO3/c1-23-17-4-2-3-5-18(17)24-13-19(22)21(16-10-11-16)12-14-6-8-15(20)9-7-14/h2-9,16H,10-13H2,1H3. The minimum absolute atomic E-state index is 0.00443. The Morgan fingerprint density at radius 3 is 2.42 bits per heavy atom. The zero-order valence-corrected chi connectivity index (χ0v) is 14.3. The number of rotatable bonds is 7. The summed E-state index contributed by atoms with van der Waals surface area (Å²) < 4.78 is 10.9. The van der Waals surface area contributed by atoms with Gasteiger partial charge in [-0.3, -0.25) is 4.79 Å². The molecular formula is C19H20ClNO3. The lowest BCUT2D eigenvalue weighted by Crippen LogP contribution is -2.36. The van der Waals surface area contributed by atoms with Crippen molar-refractivity contribution in [2.24, 2.45) is 0 Å². The van der Waals surface area contributed by atoms with Gasteiger partial charge in [0.2, 0.25) is 0 Å². The fraction of sp³-hybridized carbons (Fsp3) is 0.316. The zero-order valence-electron chi connectivity index (χ0n) is 13.6. The highest BCUT2D eigenvalue weighted by Gasteiger charge is 2.32. The van der Waals surface area contributed by atoms with Gasteiger partial charge in [-0.2, -0.15) is 0 Å². The third kappa shape index (κ3) is 4.20. The topological polar surface area (TPSA) is 38.8 Å². The molecule has 126 valence electrons. The second kappa shape index (κ2) is 7.58. The highest BCUT2D eigenvalue weighted by Crippen LogP contribution is 2.30. The van der Waals surface area contributed by atoms with Crippen LogP contribution in [0.25, 0.3) is 0 Å². The summed E-state index contributed by atoms with van der Waals surface area (Å²) in [6.45, 7) is 0.584. The second-order valence-electron chi connectivity index (χ2n) is 5.82. The summed E-state index contributed by atoms with van der Waals surface area (Å²) in [6, 6.07) is 15.2. The van der Waals surface area contributed by atoms with Gasteiger partial charge in [-0.05, 0) is 42.7 Å². The molecule has 0 radical (unpaired) electrons. The molecule has 0 aromatic heterocycles. The molecule has 2 aromatic rings. The van der Waals surface area contributed by atoms with Crippen LogP contribution in [0.15, 0.2) is 48.5 Å². The molecule has 1 amide bonds. The van der Waals surface area contributed by atoms with Crippen LogP contribution in [-0.2, 0) is 11.3 Å². The summed E-state index contributed by atoms with van der Waals surface area (Å²) in [4.78, 5) is 14.5. The maximum atomic E-state index is 12.6. The monoisotopic (exact) mass is 345 g/mol. The Morgan fingerprint density at radius 1 is 1.12 bits per heavy atom. The van der Waals surface area contributed by atoms with Crippen LogP contribution in [0, 0.1) is 0 Å². The average Bonchev–Trinajstić information content (AvgIpc) is 3.44. The van der Waals surface area contributed by atoms with Crippen LogP contribution < -0.4 is 9.47 Å². The minimum Gasteiger partial charge on any atom is -0.493 e. The van der Waals surface area contributed by atoms with E-state index in [1.807, 2.05) is 47.4 Å². The van der Waals surface area contributed by atoms with Crippen LogP contribution in [0.1, 0.15) is 18.4 Å². The van der Waals surface area contributed by atoms with Crippen molar-refractivity contribution in [2.75, 3.05) is 13.7 Å². The molecule has 1 aliphatic carbocycles. The quantitative estimate of drug-likeness (QED) is 0.763. The number of halogens is 1. The van der Waals surface area contributed by atoms with Crippen LogP contribution in [0.5, 0.6) is 11.5 Å². The van der Waals surface area contributed by atoms with Crippen molar-refractivity contribution in [3.05, 3.63) is 59.1 Å². The smallest absolute Gasteiger partial charge is 0.261 e. The van der Waals surface area contributed by atoms with Gasteiger partial charge in [-0.1, -0.05) is 35.9 Å². The molecule has 0 aliphatic heterocycles. The molecule has 5 heteroatoms. The maximum absolute atomic E-state index is 12.6. The molecule has 1 fully saturated rings. The molecule has 2 aromatic carbocycles. The van der Waals surface area contributed by atoms with E-state index in [9.17, 15) is 4.79 Å². The predicted molar refractivity (Wildman–Crippen MR) is 93.5 cm³/mol. The van der Waals surface area contributed by atoms with Gasteiger partial charge in [0.15, 0.2) is 18.1 Å². The lowest BCUT2D eigenvalue weighted by Gasteiger charge is -2.23. The Balaban J connectivity index is 1.63. The van der Waals surface area contributed by atoms with Crippen molar-refractivity contribution in [1.29, 1.82) is 0 Å². The summed E-state index contributed by atoms with van der Waals surface area (Å²) >= 11 is 5.92. The van der Waals surface area contributed by atoms with E-state index in [4.69, 9.17) is 21.1 Å². The van der Waals surface area contributed by atoms with E-state index in [1.54, 1.807) is 13.2 Å². The first-order valence-corrected chi connectivity index (χ1v) is 8.35. The van der Waals surface area contributed by atoms with Crippen LogP contribution in [0.4, 0.5) is 0 Å². The third-order valence-corrected chi connectivity index (χ3v) is 4.25. The van der Waals surface area contributed by atoms with E-state index in [1.165, 1.54) is 0 Å². The number of ether oxygens (including phenoxy) is 2. The summed E-state index contributed by atoms with van der Waals surface area (Å²) in [7, 11) is 1.58. The number of hydrogen-bond donors (Lipinski definition) is 0. The van der Waals surface area contributed by atoms with Gasteiger partial charge in [0.25, 0.3) is 5.91 Å². The zero-order chi connectivity index (χ0) is 16.9. The number of carbonyl (C=O) groups excluding carboxylic acids is 1. The molecule has 0 N–H and O–H groups in total. The number of para-hydroxylation sites is 2. The van der Waals surface area contributed by atoms with Gasteiger partial charge in [-0.15, -0.1) is 0 Å². The van der Waals surface area contributed by atoms with Crippen molar-refractivity contribution in [3.63, 3.8) is 0 Å². The van der Waals surface area contributed by atoms with Crippen LogP contribution in [-0.4, -0.2) is 30.6 Å². The van der Waals surface area contributed by atoms with Gasteiger partial charge in [0.05, 0.1) is 7.11 Å². The van der Waals surface area contributed by atoms with Crippen molar-refractivity contribution in [3.8, 4) is 11.5 Å². The second-order valence-corrected chi connectivity index (χ2v) is 6.26. The Labute approximate surface area is 146 Å². The molecule has 0 saturated heterocycles. The fourth-order valence-electron chi connectivity index (χ4n) is 2.55. The van der Waals surface area contributed by atoms with Gasteiger partial charge in [-0.25, -0.2) is 0 Å². The molecule has 0 bridgehead atoms. The first-order valence-electron chi connectivity index (χ1n) is 7.97. The molecule has 0 unspecified atom stereocenters. The Kier molecular flexibility index (Phi) is 5.26. The lowest BCUT2D eigenvalue weighted by atomic mass is 10.2. The van der Waals surface area contributed by atoms with Gasteiger partial charge >= 0.3 is 0 Å². The van der Waals surface area contributed by atoms with Crippen LogP contribution in [0.2, 0.25) is 5.02 Å². The predicted octanol–water partition coefficient (Wildman–Crippen LogP) is 3.92. The molecule has 0 atom stereocenters. The third-order valence-electron chi connectivity index (χ3n) is 3.99. The number of nitrogens with zero attached hydrogens (tertiary/aromatic N) is 1. The normalized spacial score (nSPS) is 13.4. The average molecular weight is 346 g/mol. The minimum atomic E-state index is -0.0154. The largest absolute Gasteiger partial charge is 0.493 e. The molecular weight excluding hydrogens is 326 g/mol. The van der Waals surface area contributed by atoms with Crippen molar-refractivity contribution < 1.29 is 14.3 Å². The van der Waals surface area contributed by atoms with E-state index < -0.39 is 0 Å². The first kappa shape index (κ1) is 16.7. The van der Waals surface area contributed by atoms with Gasteiger partial charge in [0.1, 0.15) is 0 Å². The van der Waals surface area contributed by atoms with E-state index in [0.717, 1.165) is 18.4 Å². The van der Waals surface area contributed by atoms with Crippen LogP contribution >= 0.6 is 11.6 Å². The highest BCUT2D eigenvalue weighted by atomic mass is 35.5. The number of methoxy groups -OCH3 is 1. The van der Waals surface area contributed by atoms with Crippen molar-refractivity contribution in [1.82, 2.24) is 4.90 Å². The number of amides is 1. The molecule has 1 saturated carbocycles. The van der Waals surface area contributed by atoms with E-state index in [0.29, 0.717) is 29.1 Å². The number of benzene rings is 2. The first-order chi connectivity index (χ1) is 11.7. The Bertz CT molecular complexity index is 698. The molecule has 3 rings (SSSR count). The highest BCUT2D eigenvalue weighted by molar-refractivity contribution is 6.30. The van der Waals surface area contributed by atoms with Crippen molar-refractivity contribution >= 4 is 17.5 Å². The number of carbonyl (C=O) groups is 1. The van der Waals surface area contributed by atoms with E-state index in [2.05, 4.69) is 0 Å². The summed E-state index contributed by atoms with van der Waals surface area (Å²) in [5.41, 5.74) is 1.07. The SMILES string of the molecule is COc1ccccc1OCC(=O)N(Cc1ccc(Cl)cc1)C1CC1.